The van der Waals surface area contributed by atoms with Gasteiger partial charge >= 0.3 is 13.7 Å². The second-order valence-electron chi connectivity index (χ2n) is 7.53. The molecule has 0 saturated carbocycles. The minimum Gasteiger partial charge on any atom is -0.480 e. The molecule has 33 heavy (non-hydrogen) atoms. The highest BCUT2D eigenvalue weighted by Crippen LogP contribution is 2.46. The summed E-state index contributed by atoms with van der Waals surface area (Å²) >= 11 is 6.10. The molecule has 1 aliphatic carbocycles. The largest absolute Gasteiger partial charge is 0.480 e. The number of nitrogens with zero attached hydrogens (tertiary/aromatic N) is 4. The van der Waals surface area contributed by atoms with Crippen molar-refractivity contribution in [2.75, 3.05) is 12.3 Å². The van der Waals surface area contributed by atoms with Gasteiger partial charge in [-0.15, -0.1) is 0 Å². The predicted molar refractivity (Wildman–Crippen MR) is 122 cm³/mol. The van der Waals surface area contributed by atoms with Crippen molar-refractivity contribution in [2.24, 2.45) is 5.92 Å². The Bertz CT molecular complexity index is 1240. The van der Waals surface area contributed by atoms with Crippen molar-refractivity contribution in [2.45, 2.75) is 25.4 Å². The fourth-order valence-electron chi connectivity index (χ4n) is 3.42. The van der Waals surface area contributed by atoms with E-state index in [9.17, 15) is 14.5 Å². The third kappa shape index (κ3) is 5.33. The average molecular weight is 493 g/mol. The predicted octanol–water partition coefficient (Wildman–Crippen LogP) is 3.45. The molecule has 11 nitrogen and oxygen atoms in total. The number of para-hydroxylation sites is 1. The Morgan fingerprint density at radius 1 is 1.36 bits per heavy atom. The van der Waals surface area contributed by atoms with E-state index in [-0.39, 0.29) is 29.7 Å². The minimum absolute atomic E-state index is 0.0426. The smallest absolute Gasteiger partial charge is 0.459 e. The van der Waals surface area contributed by atoms with Gasteiger partial charge in [0.25, 0.3) is 0 Å². The summed E-state index contributed by atoms with van der Waals surface area (Å²) in [7, 11) is -3.97. The fraction of sp³-hybridized carbons (Fsp3) is 0.300. The standard InChI is InChI=1S/C20H22ClN6O5P/c1-12(19(28)29)26-33(30,32-15-5-3-2-4-6-15)31-10-13-7-8-14(9-13)27-11-23-16-17(21)24-20(22)25-18(16)27/h2-8,11-14H,9-10H2,1H3,(H,26,30)(H,28,29)(H2,22,24,25)/t12-,13+,14-,33?/m0/s1. The Morgan fingerprint density at radius 3 is 2.85 bits per heavy atom. The summed E-state index contributed by atoms with van der Waals surface area (Å²) in [5, 5.41) is 11.9. The van der Waals surface area contributed by atoms with Crippen molar-refractivity contribution in [1.29, 1.82) is 0 Å². The zero-order valence-electron chi connectivity index (χ0n) is 17.5. The second kappa shape index (κ2) is 9.48. The summed E-state index contributed by atoms with van der Waals surface area (Å²) in [5.41, 5.74) is 6.68. The lowest BCUT2D eigenvalue weighted by Gasteiger charge is -2.23. The van der Waals surface area contributed by atoms with E-state index in [1.54, 1.807) is 36.7 Å². The van der Waals surface area contributed by atoms with Gasteiger partial charge in [0.2, 0.25) is 5.95 Å². The Hall–Kier alpha value is -2.98. The summed E-state index contributed by atoms with van der Waals surface area (Å²) < 4.78 is 26.3. The van der Waals surface area contributed by atoms with Gasteiger partial charge in [0.1, 0.15) is 17.3 Å². The number of hydrogen-bond donors (Lipinski definition) is 3. The maximum Gasteiger partial charge on any atom is 0.459 e. The Labute approximate surface area is 194 Å². The molecule has 2 aromatic heterocycles. The average Bonchev–Trinajstić information content (AvgIpc) is 3.40. The van der Waals surface area contributed by atoms with Crippen LogP contribution in [0.25, 0.3) is 11.2 Å². The monoisotopic (exact) mass is 492 g/mol. The first kappa shape index (κ1) is 23.2. The maximum absolute atomic E-state index is 13.3. The van der Waals surface area contributed by atoms with Crippen molar-refractivity contribution in [3.63, 3.8) is 0 Å². The summed E-state index contributed by atoms with van der Waals surface area (Å²) in [6, 6.07) is 7.18. The van der Waals surface area contributed by atoms with Crippen LogP contribution in [0.3, 0.4) is 0 Å². The quantitative estimate of drug-likeness (QED) is 0.230. The van der Waals surface area contributed by atoms with E-state index in [0.717, 1.165) is 0 Å². The highest BCUT2D eigenvalue weighted by molar-refractivity contribution is 7.52. The van der Waals surface area contributed by atoms with Crippen LogP contribution in [0.1, 0.15) is 19.4 Å². The number of aromatic nitrogens is 4. The van der Waals surface area contributed by atoms with Crippen molar-refractivity contribution in [3.8, 4) is 5.75 Å². The van der Waals surface area contributed by atoms with E-state index in [2.05, 4.69) is 20.0 Å². The number of nitrogens with one attached hydrogen (secondary N) is 1. The number of fused-ring (bicyclic) bond motifs is 1. The third-order valence-corrected chi connectivity index (χ3v) is 6.96. The zero-order chi connectivity index (χ0) is 23.6. The number of nitrogen functional groups attached to an aromatic ring is 1. The summed E-state index contributed by atoms with van der Waals surface area (Å²) in [5.74, 6) is -0.946. The van der Waals surface area contributed by atoms with Gasteiger partial charge in [0.15, 0.2) is 10.8 Å². The van der Waals surface area contributed by atoms with Crippen LogP contribution in [0.4, 0.5) is 5.95 Å². The first-order chi connectivity index (χ1) is 15.7. The molecule has 2 heterocycles. The summed E-state index contributed by atoms with van der Waals surface area (Å²) in [6.07, 6.45) is 6.10. The number of carboxylic acids is 1. The molecule has 0 aliphatic heterocycles. The molecule has 0 bridgehead atoms. The van der Waals surface area contributed by atoms with Gasteiger partial charge in [-0.3, -0.25) is 9.32 Å². The number of carboxylic acid groups (broad SMARTS) is 1. The SMILES string of the molecule is C[C@H](NP(=O)(OC[C@@H]1C=C[C@H](n2cnc3c(Cl)nc(N)nc32)C1)Oc1ccccc1)C(=O)O. The fourth-order valence-corrected chi connectivity index (χ4v) is 5.19. The molecule has 1 aliphatic rings. The number of carbonyl (C=O) groups is 1. The first-order valence-corrected chi connectivity index (χ1v) is 12.0. The molecule has 0 spiro atoms. The van der Waals surface area contributed by atoms with E-state index >= 15 is 0 Å². The molecule has 4 atom stereocenters. The molecule has 0 radical (unpaired) electrons. The van der Waals surface area contributed by atoms with E-state index in [4.69, 9.17) is 26.4 Å². The number of hydrogen-bond acceptors (Lipinski definition) is 8. The van der Waals surface area contributed by atoms with E-state index in [1.807, 2.05) is 16.7 Å². The number of aliphatic carboxylic acids is 1. The molecule has 4 rings (SSSR count). The van der Waals surface area contributed by atoms with Crippen molar-refractivity contribution < 1.29 is 23.5 Å². The lowest BCUT2D eigenvalue weighted by molar-refractivity contribution is -0.138. The number of imidazole rings is 1. The lowest BCUT2D eigenvalue weighted by Crippen LogP contribution is -2.33. The van der Waals surface area contributed by atoms with Crippen LogP contribution < -0.4 is 15.3 Å². The molecule has 1 unspecified atom stereocenters. The van der Waals surface area contributed by atoms with Gasteiger partial charge in [0, 0.05) is 5.92 Å². The molecule has 4 N–H and O–H groups in total. The van der Waals surface area contributed by atoms with Crippen LogP contribution in [0.15, 0.2) is 48.8 Å². The maximum atomic E-state index is 13.3. The van der Waals surface area contributed by atoms with E-state index < -0.39 is 19.8 Å². The van der Waals surface area contributed by atoms with Crippen LogP contribution in [-0.2, 0) is 13.9 Å². The molecule has 174 valence electrons. The number of nitrogens with two attached hydrogens (primary N) is 1. The topological polar surface area (TPSA) is 154 Å². The molecule has 3 aromatic rings. The highest BCUT2D eigenvalue weighted by atomic mass is 35.5. The Balaban J connectivity index is 1.45. The molecule has 1 aromatic carbocycles. The van der Waals surface area contributed by atoms with Gasteiger partial charge in [0.05, 0.1) is 19.0 Å². The lowest BCUT2D eigenvalue weighted by atomic mass is 10.1. The third-order valence-electron chi connectivity index (χ3n) is 5.05. The number of allylic oxidation sites excluding steroid dienone is 1. The second-order valence-corrected chi connectivity index (χ2v) is 9.58. The van der Waals surface area contributed by atoms with Crippen molar-refractivity contribution in [1.82, 2.24) is 24.6 Å². The zero-order valence-corrected chi connectivity index (χ0v) is 19.2. The van der Waals surface area contributed by atoms with Gasteiger partial charge in [-0.05, 0) is 25.5 Å². The molecule has 0 saturated heterocycles. The normalized spacial score (nSPS) is 20.5. The van der Waals surface area contributed by atoms with Crippen LogP contribution in [0.2, 0.25) is 5.15 Å². The van der Waals surface area contributed by atoms with Gasteiger partial charge in [-0.2, -0.15) is 15.1 Å². The number of anilines is 1. The summed E-state index contributed by atoms with van der Waals surface area (Å²) in [6.45, 7) is 1.40. The van der Waals surface area contributed by atoms with Gasteiger partial charge in [-0.1, -0.05) is 42.0 Å². The van der Waals surface area contributed by atoms with Gasteiger partial charge < -0.3 is 19.9 Å². The Morgan fingerprint density at radius 2 is 2.12 bits per heavy atom. The van der Waals surface area contributed by atoms with Crippen molar-refractivity contribution in [3.05, 3.63) is 54.0 Å². The Kier molecular flexibility index (Phi) is 6.66. The number of benzene rings is 1. The number of rotatable bonds is 9. The molecule has 13 heteroatoms. The van der Waals surface area contributed by atoms with Crippen molar-refractivity contribution >= 4 is 42.4 Å². The van der Waals surface area contributed by atoms with Crippen LogP contribution >= 0.6 is 19.3 Å². The summed E-state index contributed by atoms with van der Waals surface area (Å²) in [4.78, 5) is 23.7. The van der Waals surface area contributed by atoms with Crippen LogP contribution in [0, 0.1) is 5.92 Å². The molecule has 0 amide bonds. The van der Waals surface area contributed by atoms with Crippen LogP contribution in [0.5, 0.6) is 5.75 Å². The van der Waals surface area contributed by atoms with E-state index in [0.29, 0.717) is 23.3 Å². The van der Waals surface area contributed by atoms with Crippen LogP contribution in [-0.4, -0.2) is 43.2 Å². The molecular weight excluding hydrogens is 471 g/mol. The number of halogens is 1. The first-order valence-electron chi connectivity index (χ1n) is 10.1. The molecular formula is C20H22ClN6O5P. The van der Waals surface area contributed by atoms with E-state index in [1.165, 1.54) is 6.92 Å². The highest BCUT2D eigenvalue weighted by Gasteiger charge is 2.33. The molecule has 0 fully saturated rings. The van der Waals surface area contributed by atoms with Gasteiger partial charge in [-0.25, -0.2) is 9.55 Å². The minimum atomic E-state index is -3.97.